The minimum atomic E-state index is -0.524. The average Bonchev–Trinajstić information content (AvgIpc) is 2.59. The van der Waals surface area contributed by atoms with E-state index >= 15 is 0 Å². The predicted molar refractivity (Wildman–Crippen MR) is 99.6 cm³/mol. The molecule has 1 unspecified atom stereocenters. The van der Waals surface area contributed by atoms with Gasteiger partial charge in [0.25, 0.3) is 0 Å². The predicted octanol–water partition coefficient (Wildman–Crippen LogP) is 4.07. The van der Waals surface area contributed by atoms with Crippen molar-refractivity contribution < 1.29 is 14.6 Å². The molecule has 0 fully saturated rings. The van der Waals surface area contributed by atoms with E-state index in [1.165, 1.54) is 0 Å². The van der Waals surface area contributed by atoms with Gasteiger partial charge in [0.05, 0.1) is 23.8 Å². The maximum absolute atomic E-state index is 10.2. The van der Waals surface area contributed by atoms with Gasteiger partial charge in [-0.15, -0.1) is 0 Å². The lowest BCUT2D eigenvalue weighted by atomic mass is 10.1. The number of aliphatic hydroxyl groups is 1. The van der Waals surface area contributed by atoms with E-state index in [9.17, 15) is 5.11 Å². The number of rotatable bonds is 9. The zero-order valence-corrected chi connectivity index (χ0v) is 15.7. The fourth-order valence-electron chi connectivity index (χ4n) is 2.42. The maximum atomic E-state index is 10.2. The molecule has 0 aliphatic heterocycles. The molecule has 0 heterocycles. The molecule has 24 heavy (non-hydrogen) atoms. The largest absolute Gasteiger partial charge is 0.490 e. The van der Waals surface area contributed by atoms with E-state index in [1.54, 1.807) is 0 Å². The van der Waals surface area contributed by atoms with Crippen LogP contribution in [0.1, 0.15) is 31.1 Å². The number of ether oxygens (including phenoxy) is 2. The second-order valence-corrected chi connectivity index (χ2v) is 6.18. The molecular weight excluding hydrogens is 370 g/mol. The molecule has 2 rings (SSSR count). The van der Waals surface area contributed by atoms with E-state index < -0.39 is 6.10 Å². The maximum Gasteiger partial charge on any atom is 0.175 e. The van der Waals surface area contributed by atoms with Crippen molar-refractivity contribution in [1.29, 1.82) is 0 Å². The van der Waals surface area contributed by atoms with Gasteiger partial charge < -0.3 is 19.9 Å². The van der Waals surface area contributed by atoms with E-state index in [-0.39, 0.29) is 0 Å². The molecule has 0 radical (unpaired) electrons. The summed E-state index contributed by atoms with van der Waals surface area (Å²) in [7, 11) is 0. The Bertz CT molecular complexity index is 634. The van der Waals surface area contributed by atoms with Gasteiger partial charge >= 0.3 is 0 Å². The zero-order chi connectivity index (χ0) is 17.4. The molecule has 0 spiro atoms. The number of hydrogen-bond donors (Lipinski definition) is 2. The fraction of sp³-hybridized carbons (Fsp3) is 0.368. The topological polar surface area (TPSA) is 50.7 Å². The number of nitrogens with one attached hydrogen (secondary N) is 1. The molecule has 5 heteroatoms. The Kier molecular flexibility index (Phi) is 7.56. The molecule has 130 valence electrons. The minimum absolute atomic E-state index is 0.485. The van der Waals surface area contributed by atoms with Gasteiger partial charge in [0.2, 0.25) is 0 Å². The number of hydrogen-bond acceptors (Lipinski definition) is 4. The summed E-state index contributed by atoms with van der Waals surface area (Å²) in [5, 5.41) is 13.5. The van der Waals surface area contributed by atoms with Crippen LogP contribution in [0.2, 0.25) is 0 Å². The second-order valence-electron chi connectivity index (χ2n) is 5.33. The third kappa shape index (κ3) is 5.23. The molecule has 0 saturated carbocycles. The Morgan fingerprint density at radius 2 is 1.79 bits per heavy atom. The van der Waals surface area contributed by atoms with E-state index in [4.69, 9.17) is 9.47 Å². The molecule has 0 aromatic heterocycles. The van der Waals surface area contributed by atoms with Crippen LogP contribution < -0.4 is 14.8 Å². The van der Waals surface area contributed by atoms with Crippen LogP contribution in [-0.2, 0) is 6.54 Å². The van der Waals surface area contributed by atoms with Crippen molar-refractivity contribution in [3.8, 4) is 11.5 Å². The number of aliphatic hydroxyl groups excluding tert-OH is 1. The summed E-state index contributed by atoms with van der Waals surface area (Å²) in [6.45, 7) is 6.18. The normalized spacial score (nSPS) is 12.0. The third-order valence-corrected chi connectivity index (χ3v) is 4.10. The number of benzene rings is 2. The monoisotopic (exact) mass is 393 g/mol. The van der Waals surface area contributed by atoms with Gasteiger partial charge in [-0.3, -0.25) is 0 Å². The third-order valence-electron chi connectivity index (χ3n) is 3.51. The molecule has 2 aromatic rings. The zero-order valence-electron chi connectivity index (χ0n) is 14.1. The van der Waals surface area contributed by atoms with Crippen LogP contribution in [-0.4, -0.2) is 24.9 Å². The summed E-state index contributed by atoms with van der Waals surface area (Å²) < 4.78 is 12.2. The van der Waals surface area contributed by atoms with Crippen LogP contribution in [0.15, 0.2) is 46.9 Å². The molecule has 4 nitrogen and oxygen atoms in total. The van der Waals surface area contributed by atoms with Crippen LogP contribution in [0.5, 0.6) is 11.5 Å². The molecular formula is C19H24BrNO3. The van der Waals surface area contributed by atoms with Crippen molar-refractivity contribution in [2.45, 2.75) is 26.5 Å². The van der Waals surface area contributed by atoms with Crippen LogP contribution in [0.3, 0.4) is 0 Å². The van der Waals surface area contributed by atoms with E-state index in [1.807, 2.05) is 56.3 Å². The first-order chi connectivity index (χ1) is 11.7. The Hall–Kier alpha value is -1.56. The Morgan fingerprint density at radius 1 is 1.08 bits per heavy atom. The first-order valence-electron chi connectivity index (χ1n) is 8.17. The highest BCUT2D eigenvalue weighted by atomic mass is 79.9. The second kappa shape index (κ2) is 9.67. The van der Waals surface area contributed by atoms with Crippen molar-refractivity contribution in [3.05, 3.63) is 58.1 Å². The van der Waals surface area contributed by atoms with Crippen LogP contribution in [0, 0.1) is 0 Å². The smallest absolute Gasteiger partial charge is 0.175 e. The van der Waals surface area contributed by atoms with Crippen molar-refractivity contribution in [3.63, 3.8) is 0 Å². The Morgan fingerprint density at radius 3 is 2.46 bits per heavy atom. The molecule has 0 aliphatic carbocycles. The summed E-state index contributed by atoms with van der Waals surface area (Å²) in [5.41, 5.74) is 1.97. The summed E-state index contributed by atoms with van der Waals surface area (Å²) in [5.74, 6) is 1.46. The lowest BCUT2D eigenvalue weighted by molar-refractivity contribution is 0.174. The van der Waals surface area contributed by atoms with Crippen LogP contribution in [0.25, 0.3) is 0 Å². The van der Waals surface area contributed by atoms with E-state index in [0.29, 0.717) is 26.3 Å². The molecule has 0 saturated heterocycles. The van der Waals surface area contributed by atoms with Gasteiger partial charge in [-0.1, -0.05) is 30.3 Å². The first kappa shape index (κ1) is 18.8. The van der Waals surface area contributed by atoms with Gasteiger partial charge in [0.1, 0.15) is 0 Å². The van der Waals surface area contributed by atoms with Crippen LogP contribution in [0.4, 0.5) is 0 Å². The molecule has 0 bridgehead atoms. The van der Waals surface area contributed by atoms with Gasteiger partial charge in [-0.05, 0) is 53.0 Å². The summed E-state index contributed by atoms with van der Waals surface area (Å²) in [4.78, 5) is 0. The van der Waals surface area contributed by atoms with E-state index in [2.05, 4.69) is 21.2 Å². The standard InChI is InChI=1S/C19H24BrNO3/c1-3-23-18-11-14(10-16(20)19(18)24-4-2)12-21-13-17(22)15-8-6-5-7-9-15/h5-11,17,21-22H,3-4,12-13H2,1-2H3. The molecule has 0 amide bonds. The SMILES string of the molecule is CCOc1cc(CNCC(O)c2ccccc2)cc(Br)c1OCC. The van der Waals surface area contributed by atoms with Gasteiger partial charge in [-0.25, -0.2) is 0 Å². The van der Waals surface area contributed by atoms with Crippen molar-refractivity contribution >= 4 is 15.9 Å². The Labute approximate surface area is 151 Å². The number of halogens is 1. The first-order valence-corrected chi connectivity index (χ1v) is 8.96. The minimum Gasteiger partial charge on any atom is -0.490 e. The summed E-state index contributed by atoms with van der Waals surface area (Å²) in [6, 6.07) is 13.6. The highest BCUT2D eigenvalue weighted by Crippen LogP contribution is 2.36. The van der Waals surface area contributed by atoms with E-state index in [0.717, 1.165) is 27.1 Å². The molecule has 2 aromatic carbocycles. The highest BCUT2D eigenvalue weighted by Gasteiger charge is 2.12. The average molecular weight is 394 g/mol. The van der Waals surface area contributed by atoms with Gasteiger partial charge in [0.15, 0.2) is 11.5 Å². The van der Waals surface area contributed by atoms with Gasteiger partial charge in [0, 0.05) is 13.1 Å². The van der Waals surface area contributed by atoms with Crippen molar-refractivity contribution in [2.24, 2.45) is 0 Å². The lowest BCUT2D eigenvalue weighted by Crippen LogP contribution is -2.21. The lowest BCUT2D eigenvalue weighted by Gasteiger charge is -2.16. The molecule has 2 N–H and O–H groups in total. The summed E-state index contributed by atoms with van der Waals surface area (Å²) in [6.07, 6.45) is -0.524. The summed E-state index contributed by atoms with van der Waals surface area (Å²) >= 11 is 3.54. The Balaban J connectivity index is 1.99. The van der Waals surface area contributed by atoms with Crippen molar-refractivity contribution in [1.82, 2.24) is 5.32 Å². The van der Waals surface area contributed by atoms with Crippen LogP contribution >= 0.6 is 15.9 Å². The molecule has 0 aliphatic rings. The van der Waals surface area contributed by atoms with Crippen molar-refractivity contribution in [2.75, 3.05) is 19.8 Å². The highest BCUT2D eigenvalue weighted by molar-refractivity contribution is 9.10. The quantitative estimate of drug-likeness (QED) is 0.673. The van der Waals surface area contributed by atoms with Gasteiger partial charge in [-0.2, -0.15) is 0 Å². The fourth-order valence-corrected chi connectivity index (χ4v) is 3.02. The molecule has 1 atom stereocenters.